The average molecular weight is 273 g/mol. The monoisotopic (exact) mass is 273 g/mol. The first-order valence-electron chi connectivity index (χ1n) is 6.40. The minimum Gasteiger partial charge on any atom is -0.497 e. The molecule has 2 aromatic rings. The minimum absolute atomic E-state index is 0.909. The van der Waals surface area contributed by atoms with E-state index in [1.165, 1.54) is 10.5 Å². The Morgan fingerprint density at radius 1 is 1.00 bits per heavy atom. The highest BCUT2D eigenvalue weighted by atomic mass is 32.2. The molecule has 0 radical (unpaired) electrons. The van der Waals surface area contributed by atoms with Crippen LogP contribution in [0.15, 0.2) is 59.5 Å². The van der Waals surface area contributed by atoms with Gasteiger partial charge in [0.15, 0.2) is 0 Å². The molecule has 100 valence electrons. The Kier molecular flexibility index (Phi) is 5.79. The highest BCUT2D eigenvalue weighted by Gasteiger charge is 1.96. The largest absolute Gasteiger partial charge is 0.497 e. The SMILES string of the molecule is COc1ccc(SCCNCc2ccccc2)cc1. The molecule has 0 heterocycles. The van der Waals surface area contributed by atoms with Gasteiger partial charge in [-0.2, -0.15) is 0 Å². The Bertz CT molecular complexity index is 470. The van der Waals surface area contributed by atoms with Gasteiger partial charge in [-0.25, -0.2) is 0 Å². The van der Waals surface area contributed by atoms with Crippen molar-refractivity contribution in [3.63, 3.8) is 0 Å². The topological polar surface area (TPSA) is 21.3 Å². The summed E-state index contributed by atoms with van der Waals surface area (Å²) < 4.78 is 5.14. The van der Waals surface area contributed by atoms with Crippen molar-refractivity contribution in [2.45, 2.75) is 11.4 Å². The fourth-order valence-electron chi connectivity index (χ4n) is 1.74. The van der Waals surface area contributed by atoms with Gasteiger partial charge in [-0.1, -0.05) is 30.3 Å². The van der Waals surface area contributed by atoms with Crippen molar-refractivity contribution in [1.29, 1.82) is 0 Å². The molecular weight excluding hydrogens is 254 g/mol. The second-order valence-corrected chi connectivity index (χ2v) is 5.35. The van der Waals surface area contributed by atoms with E-state index in [2.05, 4.69) is 41.7 Å². The van der Waals surface area contributed by atoms with Crippen molar-refractivity contribution in [3.8, 4) is 5.75 Å². The predicted molar refractivity (Wildman–Crippen MR) is 81.9 cm³/mol. The number of thioether (sulfide) groups is 1. The van der Waals surface area contributed by atoms with Crippen molar-refractivity contribution in [1.82, 2.24) is 5.32 Å². The maximum absolute atomic E-state index is 5.14. The smallest absolute Gasteiger partial charge is 0.118 e. The molecule has 3 heteroatoms. The van der Waals surface area contributed by atoms with Crippen LogP contribution in [0.2, 0.25) is 0 Å². The molecule has 1 N–H and O–H groups in total. The van der Waals surface area contributed by atoms with E-state index in [0.717, 1.165) is 24.6 Å². The zero-order valence-corrected chi connectivity index (χ0v) is 12.0. The molecule has 2 rings (SSSR count). The quantitative estimate of drug-likeness (QED) is 0.615. The number of rotatable bonds is 7. The van der Waals surface area contributed by atoms with E-state index in [-0.39, 0.29) is 0 Å². The van der Waals surface area contributed by atoms with Gasteiger partial charge in [-0.15, -0.1) is 11.8 Å². The van der Waals surface area contributed by atoms with Crippen LogP contribution in [0, 0.1) is 0 Å². The van der Waals surface area contributed by atoms with Gasteiger partial charge in [0.1, 0.15) is 5.75 Å². The molecule has 0 bridgehead atoms. The molecule has 0 saturated carbocycles. The fourth-order valence-corrected chi connectivity index (χ4v) is 2.55. The molecule has 19 heavy (non-hydrogen) atoms. The lowest BCUT2D eigenvalue weighted by molar-refractivity contribution is 0.414. The highest BCUT2D eigenvalue weighted by Crippen LogP contribution is 2.20. The zero-order valence-electron chi connectivity index (χ0n) is 11.1. The van der Waals surface area contributed by atoms with Crippen molar-refractivity contribution in [2.24, 2.45) is 0 Å². The standard InChI is InChI=1S/C16H19NOS/c1-18-15-7-9-16(10-8-15)19-12-11-17-13-14-5-3-2-4-6-14/h2-10,17H,11-13H2,1H3. The van der Waals surface area contributed by atoms with E-state index in [1.807, 2.05) is 30.0 Å². The molecule has 0 spiro atoms. The van der Waals surface area contributed by atoms with Crippen LogP contribution in [-0.2, 0) is 6.54 Å². The molecule has 0 aromatic heterocycles. The van der Waals surface area contributed by atoms with Gasteiger partial charge in [-0.05, 0) is 29.8 Å². The lowest BCUT2D eigenvalue weighted by Crippen LogP contribution is -2.16. The van der Waals surface area contributed by atoms with Crippen LogP contribution in [0.1, 0.15) is 5.56 Å². The fraction of sp³-hybridized carbons (Fsp3) is 0.250. The van der Waals surface area contributed by atoms with E-state index in [1.54, 1.807) is 7.11 Å². The predicted octanol–water partition coefficient (Wildman–Crippen LogP) is 3.58. The van der Waals surface area contributed by atoms with E-state index < -0.39 is 0 Å². The molecule has 0 aliphatic rings. The van der Waals surface area contributed by atoms with Crippen LogP contribution in [0.5, 0.6) is 5.75 Å². The van der Waals surface area contributed by atoms with E-state index in [9.17, 15) is 0 Å². The van der Waals surface area contributed by atoms with E-state index in [4.69, 9.17) is 4.74 Å². The Labute approximate surface area is 119 Å². The first kappa shape index (κ1) is 14.0. The minimum atomic E-state index is 0.909. The second-order valence-electron chi connectivity index (χ2n) is 4.19. The van der Waals surface area contributed by atoms with Crippen LogP contribution in [0.25, 0.3) is 0 Å². The third kappa shape index (κ3) is 4.97. The normalized spacial score (nSPS) is 10.4. The number of hydrogen-bond acceptors (Lipinski definition) is 3. The number of hydrogen-bond donors (Lipinski definition) is 1. The summed E-state index contributed by atoms with van der Waals surface area (Å²) in [6.45, 7) is 1.94. The van der Waals surface area contributed by atoms with Crippen molar-refractivity contribution in [2.75, 3.05) is 19.4 Å². The van der Waals surface area contributed by atoms with Crippen LogP contribution in [0.3, 0.4) is 0 Å². The lowest BCUT2D eigenvalue weighted by atomic mass is 10.2. The zero-order chi connectivity index (χ0) is 13.3. The van der Waals surface area contributed by atoms with Crippen LogP contribution >= 0.6 is 11.8 Å². The van der Waals surface area contributed by atoms with Gasteiger partial charge < -0.3 is 10.1 Å². The van der Waals surface area contributed by atoms with Crippen LogP contribution < -0.4 is 10.1 Å². The van der Waals surface area contributed by atoms with Gasteiger partial charge in [0.25, 0.3) is 0 Å². The molecular formula is C16H19NOS. The molecule has 0 saturated heterocycles. The van der Waals surface area contributed by atoms with Crippen LogP contribution in [0.4, 0.5) is 0 Å². The number of nitrogens with one attached hydrogen (secondary N) is 1. The molecule has 0 aliphatic heterocycles. The molecule has 0 fully saturated rings. The van der Waals surface area contributed by atoms with Gasteiger partial charge in [0, 0.05) is 23.7 Å². The first-order chi connectivity index (χ1) is 9.38. The van der Waals surface area contributed by atoms with Crippen molar-refractivity contribution < 1.29 is 4.74 Å². The van der Waals surface area contributed by atoms with E-state index in [0.29, 0.717) is 0 Å². The number of ether oxygens (including phenoxy) is 1. The third-order valence-corrected chi connectivity index (χ3v) is 3.79. The Hall–Kier alpha value is -1.45. The third-order valence-electron chi connectivity index (χ3n) is 2.78. The molecule has 0 amide bonds. The summed E-state index contributed by atoms with van der Waals surface area (Å²) in [4.78, 5) is 1.28. The average Bonchev–Trinajstić information content (AvgIpc) is 2.49. The summed E-state index contributed by atoms with van der Waals surface area (Å²) in [7, 11) is 1.69. The van der Waals surface area contributed by atoms with Crippen LogP contribution in [-0.4, -0.2) is 19.4 Å². The summed E-state index contributed by atoms with van der Waals surface area (Å²) in [6.07, 6.45) is 0. The first-order valence-corrected chi connectivity index (χ1v) is 7.38. The summed E-state index contributed by atoms with van der Waals surface area (Å²) in [5, 5.41) is 3.45. The maximum Gasteiger partial charge on any atom is 0.118 e. The summed E-state index contributed by atoms with van der Waals surface area (Å²) >= 11 is 1.86. The highest BCUT2D eigenvalue weighted by molar-refractivity contribution is 7.99. The van der Waals surface area contributed by atoms with Gasteiger partial charge in [-0.3, -0.25) is 0 Å². The summed E-state index contributed by atoms with van der Waals surface area (Å²) in [5.74, 6) is 1.98. The van der Waals surface area contributed by atoms with Gasteiger partial charge in [0.05, 0.1) is 7.11 Å². The maximum atomic E-state index is 5.14. The number of methoxy groups -OCH3 is 1. The molecule has 0 aliphatic carbocycles. The van der Waals surface area contributed by atoms with Gasteiger partial charge in [0.2, 0.25) is 0 Å². The van der Waals surface area contributed by atoms with Gasteiger partial charge >= 0.3 is 0 Å². The lowest BCUT2D eigenvalue weighted by Gasteiger charge is -2.05. The molecule has 2 nitrogen and oxygen atoms in total. The number of benzene rings is 2. The Balaban J connectivity index is 1.63. The Morgan fingerprint density at radius 2 is 1.74 bits per heavy atom. The second kappa shape index (κ2) is 7.87. The van der Waals surface area contributed by atoms with Crippen molar-refractivity contribution >= 4 is 11.8 Å². The van der Waals surface area contributed by atoms with Crippen molar-refractivity contribution in [3.05, 3.63) is 60.2 Å². The Morgan fingerprint density at radius 3 is 2.42 bits per heavy atom. The molecule has 0 atom stereocenters. The van der Waals surface area contributed by atoms with E-state index >= 15 is 0 Å². The molecule has 0 unspecified atom stereocenters. The summed E-state index contributed by atoms with van der Waals surface area (Å²) in [6, 6.07) is 18.7. The molecule has 2 aromatic carbocycles. The summed E-state index contributed by atoms with van der Waals surface area (Å²) in [5.41, 5.74) is 1.33.